The number of carbonyl (C=O) groups is 1. The highest BCUT2D eigenvalue weighted by Gasteiger charge is 2.23. The molecular weight excluding hydrogens is 350 g/mol. The maximum atomic E-state index is 12.8. The first-order valence-corrected chi connectivity index (χ1v) is 10.4. The van der Waals surface area contributed by atoms with Crippen molar-refractivity contribution in [2.75, 3.05) is 31.5 Å². The lowest BCUT2D eigenvalue weighted by Crippen LogP contribution is -2.48. The zero-order valence-corrected chi connectivity index (χ0v) is 16.4. The molecule has 28 heavy (non-hydrogen) atoms. The number of piperazine rings is 1. The Morgan fingerprint density at radius 2 is 1.71 bits per heavy atom. The largest absolute Gasteiger partial charge is 0.366 e. The second-order valence-corrected chi connectivity index (χ2v) is 7.82. The number of nitrogens with one attached hydrogen (secondary N) is 1. The molecule has 0 bridgehead atoms. The zero-order valence-electron chi connectivity index (χ0n) is 16.4. The summed E-state index contributed by atoms with van der Waals surface area (Å²) in [5.74, 6) is 0.757. The number of aromatic nitrogens is 2. The van der Waals surface area contributed by atoms with Gasteiger partial charge in [-0.25, -0.2) is 9.97 Å². The van der Waals surface area contributed by atoms with Crippen molar-refractivity contribution in [3.8, 4) is 0 Å². The van der Waals surface area contributed by atoms with Gasteiger partial charge in [-0.3, -0.25) is 9.69 Å². The summed E-state index contributed by atoms with van der Waals surface area (Å²) in [7, 11) is 0. The van der Waals surface area contributed by atoms with Gasteiger partial charge in [-0.05, 0) is 18.4 Å². The smallest absolute Gasteiger partial charge is 0.274 e. The highest BCUT2D eigenvalue weighted by Crippen LogP contribution is 2.20. The Morgan fingerprint density at radius 1 is 0.964 bits per heavy atom. The van der Waals surface area contributed by atoms with Gasteiger partial charge in [0.25, 0.3) is 5.91 Å². The van der Waals surface area contributed by atoms with E-state index >= 15 is 0 Å². The first-order valence-electron chi connectivity index (χ1n) is 10.4. The van der Waals surface area contributed by atoms with Crippen LogP contribution < -0.4 is 5.32 Å². The zero-order chi connectivity index (χ0) is 19.2. The van der Waals surface area contributed by atoms with Crippen molar-refractivity contribution < 1.29 is 4.79 Å². The van der Waals surface area contributed by atoms with Gasteiger partial charge in [-0.15, -0.1) is 0 Å². The van der Waals surface area contributed by atoms with Gasteiger partial charge in [0.15, 0.2) is 0 Å². The highest BCUT2D eigenvalue weighted by molar-refractivity contribution is 5.92. The lowest BCUT2D eigenvalue weighted by molar-refractivity contribution is 0.0622. The molecule has 6 heteroatoms. The number of amides is 1. The molecule has 2 aliphatic rings. The number of benzene rings is 1. The normalized spacial score (nSPS) is 18.8. The average Bonchev–Trinajstić information content (AvgIpc) is 2.76. The summed E-state index contributed by atoms with van der Waals surface area (Å²) in [6.07, 6.45) is 9.58. The van der Waals surface area contributed by atoms with Crippen LogP contribution in [0, 0.1) is 0 Å². The van der Waals surface area contributed by atoms with Crippen LogP contribution in [0.3, 0.4) is 0 Å². The van der Waals surface area contributed by atoms with Crippen molar-refractivity contribution in [2.24, 2.45) is 0 Å². The van der Waals surface area contributed by atoms with E-state index < -0.39 is 0 Å². The molecular formula is C22H29N5O. The predicted octanol–water partition coefficient (Wildman–Crippen LogP) is 3.18. The third-order valence-electron chi connectivity index (χ3n) is 5.74. The van der Waals surface area contributed by atoms with E-state index in [-0.39, 0.29) is 5.91 Å². The van der Waals surface area contributed by atoms with Gasteiger partial charge in [-0.1, -0.05) is 49.6 Å². The molecule has 0 atom stereocenters. The van der Waals surface area contributed by atoms with Gasteiger partial charge in [-0.2, -0.15) is 0 Å². The topological polar surface area (TPSA) is 61.4 Å². The molecule has 1 aliphatic carbocycles. The number of hydrogen-bond acceptors (Lipinski definition) is 5. The number of rotatable bonds is 5. The minimum atomic E-state index is -0.0175. The predicted molar refractivity (Wildman–Crippen MR) is 110 cm³/mol. The van der Waals surface area contributed by atoms with E-state index in [0.29, 0.717) is 11.7 Å². The number of carbonyl (C=O) groups excluding carboxylic acids is 1. The van der Waals surface area contributed by atoms with E-state index in [0.717, 1.165) is 38.5 Å². The Balaban J connectivity index is 1.27. The quantitative estimate of drug-likeness (QED) is 0.865. The summed E-state index contributed by atoms with van der Waals surface area (Å²) < 4.78 is 0. The van der Waals surface area contributed by atoms with Gasteiger partial charge in [0.05, 0.1) is 12.4 Å². The van der Waals surface area contributed by atoms with Crippen LogP contribution in [0.5, 0.6) is 0 Å². The molecule has 0 spiro atoms. The highest BCUT2D eigenvalue weighted by atomic mass is 16.2. The molecule has 2 heterocycles. The van der Waals surface area contributed by atoms with Crippen LogP contribution in [0.15, 0.2) is 42.7 Å². The number of nitrogens with zero attached hydrogens (tertiary/aromatic N) is 4. The summed E-state index contributed by atoms with van der Waals surface area (Å²) in [6.45, 7) is 4.17. The molecule has 4 rings (SSSR count). The SMILES string of the molecule is O=C(c1cnc(NC2CCCCC2)cn1)N1CCN(Cc2ccccc2)CC1. The second kappa shape index (κ2) is 9.15. The Hall–Kier alpha value is -2.47. The summed E-state index contributed by atoms with van der Waals surface area (Å²) in [4.78, 5) is 25.8. The van der Waals surface area contributed by atoms with Crippen molar-refractivity contribution >= 4 is 11.7 Å². The fraction of sp³-hybridized carbons (Fsp3) is 0.500. The molecule has 1 saturated heterocycles. The van der Waals surface area contributed by atoms with Crippen LogP contribution >= 0.6 is 0 Å². The second-order valence-electron chi connectivity index (χ2n) is 7.82. The Bertz CT molecular complexity index is 750. The maximum Gasteiger partial charge on any atom is 0.274 e. The summed E-state index contributed by atoms with van der Waals surface area (Å²) in [5.41, 5.74) is 1.75. The van der Waals surface area contributed by atoms with Crippen molar-refractivity contribution in [1.82, 2.24) is 19.8 Å². The van der Waals surface area contributed by atoms with Crippen LogP contribution in [0.25, 0.3) is 0 Å². The van der Waals surface area contributed by atoms with Gasteiger partial charge in [0.2, 0.25) is 0 Å². The molecule has 1 amide bonds. The van der Waals surface area contributed by atoms with Crippen molar-refractivity contribution in [2.45, 2.75) is 44.7 Å². The van der Waals surface area contributed by atoms with Gasteiger partial charge in [0.1, 0.15) is 11.5 Å². The maximum absolute atomic E-state index is 12.8. The third kappa shape index (κ3) is 4.87. The summed E-state index contributed by atoms with van der Waals surface area (Å²) in [6, 6.07) is 11.0. The van der Waals surface area contributed by atoms with Crippen molar-refractivity contribution in [3.05, 3.63) is 54.0 Å². The van der Waals surface area contributed by atoms with Crippen LogP contribution in [0.1, 0.15) is 48.2 Å². The minimum Gasteiger partial charge on any atom is -0.366 e. The fourth-order valence-electron chi connectivity index (χ4n) is 4.08. The molecule has 1 saturated carbocycles. The number of hydrogen-bond donors (Lipinski definition) is 1. The first kappa shape index (κ1) is 18.9. The lowest BCUT2D eigenvalue weighted by atomic mass is 9.96. The fourth-order valence-corrected chi connectivity index (χ4v) is 4.08. The van der Waals surface area contributed by atoms with Crippen LogP contribution in [-0.2, 0) is 6.54 Å². The molecule has 2 fully saturated rings. The number of anilines is 1. The lowest BCUT2D eigenvalue weighted by Gasteiger charge is -2.34. The van der Waals surface area contributed by atoms with Gasteiger partial charge >= 0.3 is 0 Å². The average molecular weight is 380 g/mol. The molecule has 6 nitrogen and oxygen atoms in total. The van der Waals surface area contributed by atoms with E-state index in [1.165, 1.54) is 37.7 Å². The van der Waals surface area contributed by atoms with Gasteiger partial charge in [0, 0.05) is 38.8 Å². The van der Waals surface area contributed by atoms with Crippen LogP contribution in [0.2, 0.25) is 0 Å². The third-order valence-corrected chi connectivity index (χ3v) is 5.74. The van der Waals surface area contributed by atoms with E-state index in [1.807, 2.05) is 11.0 Å². The van der Waals surface area contributed by atoms with Crippen LogP contribution in [0.4, 0.5) is 5.82 Å². The van der Waals surface area contributed by atoms with Crippen molar-refractivity contribution in [3.63, 3.8) is 0 Å². The monoisotopic (exact) mass is 379 g/mol. The molecule has 1 N–H and O–H groups in total. The molecule has 148 valence electrons. The van der Waals surface area contributed by atoms with E-state index in [4.69, 9.17) is 0 Å². The van der Waals surface area contributed by atoms with Crippen LogP contribution in [-0.4, -0.2) is 57.9 Å². The Labute approximate surface area is 167 Å². The molecule has 2 aromatic rings. The standard InChI is InChI=1S/C22H29N5O/c28-22(20-15-24-21(16-23-20)25-19-9-5-2-6-10-19)27-13-11-26(12-14-27)17-18-7-3-1-4-8-18/h1,3-4,7-8,15-16,19H,2,5-6,9-14,17H2,(H,24,25). The molecule has 1 aromatic heterocycles. The first-order chi connectivity index (χ1) is 13.8. The molecule has 0 unspecified atom stereocenters. The van der Waals surface area contributed by atoms with E-state index in [2.05, 4.69) is 44.5 Å². The molecule has 1 aromatic carbocycles. The van der Waals surface area contributed by atoms with E-state index in [1.54, 1.807) is 12.4 Å². The minimum absolute atomic E-state index is 0.0175. The summed E-state index contributed by atoms with van der Waals surface area (Å²) in [5, 5.41) is 3.45. The molecule has 1 aliphatic heterocycles. The van der Waals surface area contributed by atoms with Gasteiger partial charge < -0.3 is 10.2 Å². The summed E-state index contributed by atoms with van der Waals surface area (Å²) >= 11 is 0. The van der Waals surface area contributed by atoms with E-state index in [9.17, 15) is 4.79 Å². The van der Waals surface area contributed by atoms with Crippen molar-refractivity contribution in [1.29, 1.82) is 0 Å². The molecule has 0 radical (unpaired) electrons. The Kier molecular flexibility index (Phi) is 6.17. The Morgan fingerprint density at radius 3 is 2.39 bits per heavy atom.